The molecular weight excluding hydrogens is 208 g/mol. The van der Waals surface area contributed by atoms with Gasteiger partial charge in [-0.05, 0) is 55.4 Å². The average Bonchev–Trinajstić information content (AvgIpc) is 2.41. The van der Waals surface area contributed by atoms with Gasteiger partial charge in [0.15, 0.2) is 0 Å². The summed E-state index contributed by atoms with van der Waals surface area (Å²) in [5.41, 5.74) is 2.61. The number of pyridine rings is 2. The van der Waals surface area contributed by atoms with Gasteiger partial charge in [0.25, 0.3) is 0 Å². The van der Waals surface area contributed by atoms with E-state index in [4.69, 9.17) is 0 Å². The minimum Gasteiger partial charge on any atom is -0.264 e. The van der Waals surface area contributed by atoms with Gasteiger partial charge in [-0.25, -0.2) is 0 Å². The number of rotatable bonds is 6. The third kappa shape index (κ3) is 4.35. The van der Waals surface area contributed by atoms with Gasteiger partial charge >= 0.3 is 0 Å². The van der Waals surface area contributed by atoms with Gasteiger partial charge in [0, 0.05) is 24.8 Å². The number of hydrogen-bond donors (Lipinski definition) is 0. The standard InChI is InChI=1S/C15H17N2/c1(2-6-14-8-4-10-16-12-14)3-7-15-9-5-11-17-13-15/h2,4-5,8-13H,1,3,6-7H2. The summed E-state index contributed by atoms with van der Waals surface area (Å²) in [4.78, 5) is 8.22. The molecule has 0 bridgehead atoms. The van der Waals surface area contributed by atoms with Crippen molar-refractivity contribution in [1.29, 1.82) is 0 Å². The Kier molecular flexibility index (Phi) is 4.70. The van der Waals surface area contributed by atoms with Gasteiger partial charge in [-0.1, -0.05) is 12.1 Å². The molecule has 0 saturated carbocycles. The van der Waals surface area contributed by atoms with E-state index >= 15 is 0 Å². The zero-order valence-corrected chi connectivity index (χ0v) is 9.92. The molecule has 2 rings (SSSR count). The molecule has 0 aliphatic rings. The first kappa shape index (κ1) is 11.8. The lowest BCUT2D eigenvalue weighted by Crippen LogP contribution is -1.90. The fraction of sp³-hybridized carbons (Fsp3) is 0.267. The third-order valence-corrected chi connectivity index (χ3v) is 2.70. The minimum absolute atomic E-state index is 1.01. The molecule has 0 unspecified atom stereocenters. The van der Waals surface area contributed by atoms with Crippen molar-refractivity contribution in [3.05, 3.63) is 66.6 Å². The number of aromatic nitrogens is 2. The van der Waals surface area contributed by atoms with Gasteiger partial charge in [0.2, 0.25) is 0 Å². The average molecular weight is 225 g/mol. The summed E-state index contributed by atoms with van der Waals surface area (Å²) in [6.07, 6.45) is 14.3. The summed E-state index contributed by atoms with van der Waals surface area (Å²) in [6.45, 7) is 0. The summed E-state index contributed by atoms with van der Waals surface area (Å²) in [5.74, 6) is 0. The highest BCUT2D eigenvalue weighted by atomic mass is 14.6. The van der Waals surface area contributed by atoms with Crippen molar-refractivity contribution in [2.75, 3.05) is 0 Å². The third-order valence-electron chi connectivity index (χ3n) is 2.70. The highest BCUT2D eigenvalue weighted by Crippen LogP contribution is 2.07. The second kappa shape index (κ2) is 6.79. The van der Waals surface area contributed by atoms with E-state index in [9.17, 15) is 0 Å². The second-order valence-electron chi connectivity index (χ2n) is 4.11. The summed E-state index contributed by atoms with van der Waals surface area (Å²) in [5, 5.41) is 0. The molecule has 0 spiro atoms. The molecule has 0 aliphatic heterocycles. The van der Waals surface area contributed by atoms with E-state index in [1.165, 1.54) is 17.5 Å². The highest BCUT2D eigenvalue weighted by molar-refractivity contribution is 5.11. The lowest BCUT2D eigenvalue weighted by molar-refractivity contribution is 0.785. The molecule has 2 aromatic heterocycles. The molecule has 2 heterocycles. The lowest BCUT2D eigenvalue weighted by atomic mass is 10.1. The van der Waals surface area contributed by atoms with Crippen molar-refractivity contribution in [3.8, 4) is 0 Å². The topological polar surface area (TPSA) is 25.8 Å². The van der Waals surface area contributed by atoms with Crippen molar-refractivity contribution in [2.24, 2.45) is 0 Å². The van der Waals surface area contributed by atoms with Crippen LogP contribution in [0.2, 0.25) is 0 Å². The van der Waals surface area contributed by atoms with Crippen molar-refractivity contribution in [3.63, 3.8) is 0 Å². The maximum Gasteiger partial charge on any atom is 0.0299 e. The molecule has 0 N–H and O–H groups in total. The summed E-state index contributed by atoms with van der Waals surface area (Å²) in [6, 6.07) is 8.23. The Labute approximate surface area is 103 Å². The van der Waals surface area contributed by atoms with Crippen molar-refractivity contribution in [2.45, 2.75) is 25.7 Å². The Morgan fingerprint density at radius 3 is 2.29 bits per heavy atom. The second-order valence-corrected chi connectivity index (χ2v) is 4.11. The summed E-state index contributed by atoms with van der Waals surface area (Å²) in [7, 11) is 0. The smallest absolute Gasteiger partial charge is 0.0299 e. The molecular formula is C15H17N2. The quantitative estimate of drug-likeness (QED) is 0.705. The van der Waals surface area contributed by atoms with Gasteiger partial charge in [-0.3, -0.25) is 9.97 Å². The largest absolute Gasteiger partial charge is 0.264 e. The van der Waals surface area contributed by atoms with Gasteiger partial charge in [0.05, 0.1) is 0 Å². The van der Waals surface area contributed by atoms with Crippen LogP contribution in [0, 0.1) is 6.42 Å². The van der Waals surface area contributed by atoms with Crippen LogP contribution in [0.5, 0.6) is 0 Å². The molecule has 0 fully saturated rings. The van der Waals surface area contributed by atoms with E-state index in [2.05, 4.69) is 28.5 Å². The number of nitrogens with zero attached hydrogens (tertiary/aromatic N) is 2. The van der Waals surface area contributed by atoms with Crippen LogP contribution in [0.25, 0.3) is 0 Å². The van der Waals surface area contributed by atoms with Crippen LogP contribution in [0.4, 0.5) is 0 Å². The van der Waals surface area contributed by atoms with E-state index in [0.717, 1.165) is 19.3 Å². The van der Waals surface area contributed by atoms with E-state index in [1.54, 1.807) is 0 Å². The SMILES string of the molecule is [CH](CCCc1cccnc1)Cc1cccnc1. The van der Waals surface area contributed by atoms with Crippen molar-refractivity contribution >= 4 is 0 Å². The Morgan fingerprint density at radius 1 is 0.941 bits per heavy atom. The van der Waals surface area contributed by atoms with Crippen LogP contribution in [-0.4, -0.2) is 9.97 Å². The van der Waals surface area contributed by atoms with Crippen LogP contribution in [0.15, 0.2) is 49.1 Å². The molecule has 0 saturated heterocycles. The number of aryl methyl sites for hydroxylation is 1. The van der Waals surface area contributed by atoms with Crippen LogP contribution in [0.1, 0.15) is 24.0 Å². The lowest BCUT2D eigenvalue weighted by Gasteiger charge is -2.01. The Hall–Kier alpha value is -1.70. The molecule has 17 heavy (non-hydrogen) atoms. The number of hydrogen-bond acceptors (Lipinski definition) is 2. The van der Waals surface area contributed by atoms with Gasteiger partial charge in [0.1, 0.15) is 0 Å². The van der Waals surface area contributed by atoms with Crippen LogP contribution in [-0.2, 0) is 12.8 Å². The predicted octanol–water partition coefficient (Wildman–Crippen LogP) is 3.25. The minimum atomic E-state index is 1.01. The zero-order valence-electron chi connectivity index (χ0n) is 9.92. The molecule has 2 heteroatoms. The molecule has 2 aromatic rings. The maximum atomic E-state index is 4.11. The summed E-state index contributed by atoms with van der Waals surface area (Å²) >= 11 is 0. The normalized spacial score (nSPS) is 10.4. The predicted molar refractivity (Wildman–Crippen MR) is 69.4 cm³/mol. The van der Waals surface area contributed by atoms with E-state index < -0.39 is 0 Å². The Balaban J connectivity index is 1.61. The first-order valence-corrected chi connectivity index (χ1v) is 6.04. The first-order chi connectivity index (χ1) is 8.45. The van der Waals surface area contributed by atoms with E-state index in [0.29, 0.717) is 0 Å². The fourth-order valence-corrected chi connectivity index (χ4v) is 1.78. The monoisotopic (exact) mass is 225 g/mol. The van der Waals surface area contributed by atoms with Crippen LogP contribution < -0.4 is 0 Å². The molecule has 1 radical (unpaired) electrons. The van der Waals surface area contributed by atoms with Crippen LogP contribution >= 0.6 is 0 Å². The molecule has 0 aliphatic carbocycles. The molecule has 0 amide bonds. The van der Waals surface area contributed by atoms with Gasteiger partial charge in [-0.2, -0.15) is 0 Å². The van der Waals surface area contributed by atoms with Gasteiger partial charge in [-0.15, -0.1) is 0 Å². The van der Waals surface area contributed by atoms with Gasteiger partial charge < -0.3 is 0 Å². The van der Waals surface area contributed by atoms with Crippen molar-refractivity contribution in [1.82, 2.24) is 9.97 Å². The Morgan fingerprint density at radius 2 is 1.65 bits per heavy atom. The highest BCUT2D eigenvalue weighted by Gasteiger charge is 1.95. The molecule has 0 atom stereocenters. The molecule has 0 aromatic carbocycles. The van der Waals surface area contributed by atoms with E-state index in [-0.39, 0.29) is 0 Å². The van der Waals surface area contributed by atoms with Crippen molar-refractivity contribution < 1.29 is 0 Å². The Bertz CT molecular complexity index is 370. The summed E-state index contributed by atoms with van der Waals surface area (Å²) < 4.78 is 0. The number of unbranched alkanes of at least 4 members (excludes halogenated alkanes) is 2. The van der Waals surface area contributed by atoms with E-state index in [1.807, 2.05) is 36.9 Å². The fourth-order valence-electron chi connectivity index (χ4n) is 1.78. The maximum absolute atomic E-state index is 4.11. The zero-order chi connectivity index (χ0) is 11.8. The van der Waals surface area contributed by atoms with Crippen LogP contribution in [0.3, 0.4) is 0 Å². The molecule has 2 nitrogen and oxygen atoms in total. The molecule has 87 valence electrons. The first-order valence-electron chi connectivity index (χ1n) is 6.04.